The van der Waals surface area contributed by atoms with Crippen LogP contribution in [-0.2, 0) is 0 Å². The summed E-state index contributed by atoms with van der Waals surface area (Å²) in [5.41, 5.74) is 0.703. The van der Waals surface area contributed by atoms with E-state index >= 15 is 0 Å². The first-order valence-corrected chi connectivity index (χ1v) is 12.2. The van der Waals surface area contributed by atoms with Crippen molar-refractivity contribution in [3.8, 4) is 0 Å². The number of hydrogen-bond donors (Lipinski definition) is 0. The molecule has 6 unspecified atom stereocenters. The Hall–Kier alpha value is 0. The highest BCUT2D eigenvalue weighted by Gasteiger charge is 2.50. The van der Waals surface area contributed by atoms with Crippen molar-refractivity contribution < 1.29 is 0 Å². The quantitative estimate of drug-likeness (QED) is 0.484. The van der Waals surface area contributed by atoms with Gasteiger partial charge in [0.1, 0.15) is 0 Å². The molecule has 4 aliphatic rings. The van der Waals surface area contributed by atoms with E-state index in [1.165, 1.54) is 38.5 Å². The van der Waals surface area contributed by atoms with Gasteiger partial charge in [-0.1, -0.05) is 71.6 Å². The molecule has 0 heterocycles. The number of hydrogen-bond acceptors (Lipinski definition) is 0. The van der Waals surface area contributed by atoms with Crippen molar-refractivity contribution >= 4 is 0 Å². The average molecular weight is 345 g/mol. The van der Waals surface area contributed by atoms with Gasteiger partial charge in [-0.15, -0.1) is 0 Å². The molecule has 0 aromatic carbocycles. The summed E-state index contributed by atoms with van der Waals surface area (Å²) in [6, 6.07) is 0. The van der Waals surface area contributed by atoms with Crippen molar-refractivity contribution in [3.05, 3.63) is 0 Å². The van der Waals surface area contributed by atoms with E-state index in [2.05, 4.69) is 13.8 Å². The lowest BCUT2D eigenvalue weighted by molar-refractivity contribution is 0.0378. The highest BCUT2D eigenvalue weighted by molar-refractivity contribution is 5.00. The summed E-state index contributed by atoms with van der Waals surface area (Å²) in [7, 11) is 0. The fraction of sp³-hybridized carbons (Fsp3) is 1.00. The minimum atomic E-state index is 0.703. The van der Waals surface area contributed by atoms with Crippen LogP contribution in [0.5, 0.6) is 0 Å². The van der Waals surface area contributed by atoms with Crippen LogP contribution in [0.3, 0.4) is 0 Å². The van der Waals surface area contributed by atoms with Gasteiger partial charge in [-0.3, -0.25) is 0 Å². The molecule has 4 saturated carbocycles. The summed E-state index contributed by atoms with van der Waals surface area (Å²) >= 11 is 0. The number of unbranched alkanes of at least 4 members (excludes halogenated alkanes) is 1. The van der Waals surface area contributed by atoms with E-state index in [4.69, 9.17) is 0 Å². The van der Waals surface area contributed by atoms with Crippen LogP contribution in [0.1, 0.15) is 117 Å². The molecule has 4 fully saturated rings. The van der Waals surface area contributed by atoms with Gasteiger partial charge >= 0.3 is 0 Å². The molecule has 0 saturated heterocycles. The smallest absolute Gasteiger partial charge is 0.0295 e. The molecule has 4 rings (SSSR count). The largest absolute Gasteiger partial charge is 0.0654 e. The van der Waals surface area contributed by atoms with E-state index in [9.17, 15) is 0 Å². The SMILES string of the molecule is CCCCC1CC2CC3CCCCCCC(C)(C4CCC4)CC3C2C1. The Kier molecular flexibility index (Phi) is 5.83. The van der Waals surface area contributed by atoms with Gasteiger partial charge in [-0.05, 0) is 85.9 Å². The van der Waals surface area contributed by atoms with Crippen molar-refractivity contribution in [1.29, 1.82) is 0 Å². The second-order valence-corrected chi connectivity index (χ2v) is 11.0. The third-order valence-corrected chi connectivity index (χ3v) is 9.44. The van der Waals surface area contributed by atoms with Gasteiger partial charge in [-0.25, -0.2) is 0 Å². The highest BCUT2D eigenvalue weighted by Crippen LogP contribution is 2.60. The van der Waals surface area contributed by atoms with Crippen molar-refractivity contribution in [1.82, 2.24) is 0 Å². The molecule has 0 N–H and O–H groups in total. The molecule has 144 valence electrons. The molecular formula is C25H44. The molecule has 0 aromatic rings. The molecule has 25 heavy (non-hydrogen) atoms. The van der Waals surface area contributed by atoms with Crippen molar-refractivity contribution in [2.24, 2.45) is 40.9 Å². The van der Waals surface area contributed by atoms with Gasteiger partial charge in [0.2, 0.25) is 0 Å². The highest BCUT2D eigenvalue weighted by atomic mass is 14.6. The molecule has 0 amide bonds. The van der Waals surface area contributed by atoms with Crippen LogP contribution in [0, 0.1) is 40.9 Å². The molecular weight excluding hydrogens is 300 g/mol. The topological polar surface area (TPSA) is 0 Å². The Morgan fingerprint density at radius 1 is 0.800 bits per heavy atom. The Balaban J connectivity index is 1.48. The van der Waals surface area contributed by atoms with E-state index in [-0.39, 0.29) is 0 Å². The molecule has 4 aliphatic carbocycles. The van der Waals surface area contributed by atoms with Gasteiger partial charge in [-0.2, -0.15) is 0 Å². The molecule has 6 atom stereocenters. The summed E-state index contributed by atoms with van der Waals surface area (Å²) in [5.74, 6) is 6.67. The normalized spacial score (nSPS) is 45.6. The maximum absolute atomic E-state index is 2.73. The summed E-state index contributed by atoms with van der Waals surface area (Å²) in [5, 5.41) is 0. The summed E-state index contributed by atoms with van der Waals surface area (Å²) in [6.07, 6.45) is 24.8. The van der Waals surface area contributed by atoms with Gasteiger partial charge in [0.15, 0.2) is 0 Å². The molecule has 0 spiro atoms. The standard InChI is InChI=1S/C25H44/c1-3-4-10-19-15-21-17-20-11-7-5-6-8-14-25(2,22-12-9-13-22)18-24(20)23(21)16-19/h19-24H,3-18H2,1-2H3. The van der Waals surface area contributed by atoms with E-state index in [0.717, 1.165) is 35.5 Å². The maximum Gasteiger partial charge on any atom is -0.0295 e. The first-order valence-electron chi connectivity index (χ1n) is 12.2. The molecule has 0 aromatic heterocycles. The predicted molar refractivity (Wildman–Crippen MR) is 109 cm³/mol. The van der Waals surface area contributed by atoms with Crippen molar-refractivity contribution in [2.75, 3.05) is 0 Å². The van der Waals surface area contributed by atoms with Crippen LogP contribution in [0.2, 0.25) is 0 Å². The second kappa shape index (κ2) is 7.93. The van der Waals surface area contributed by atoms with Crippen LogP contribution < -0.4 is 0 Å². The zero-order valence-corrected chi connectivity index (χ0v) is 17.3. The summed E-state index contributed by atoms with van der Waals surface area (Å²) in [4.78, 5) is 0. The fourth-order valence-corrected chi connectivity index (χ4v) is 7.77. The van der Waals surface area contributed by atoms with Gasteiger partial charge in [0, 0.05) is 0 Å². The fourth-order valence-electron chi connectivity index (χ4n) is 7.77. The molecule has 0 aliphatic heterocycles. The van der Waals surface area contributed by atoms with Gasteiger partial charge in [0.25, 0.3) is 0 Å². The van der Waals surface area contributed by atoms with Crippen molar-refractivity contribution in [2.45, 2.75) is 117 Å². The number of fused-ring (bicyclic) bond motifs is 3. The Labute approximate surface area is 157 Å². The first kappa shape index (κ1) is 18.4. The third-order valence-electron chi connectivity index (χ3n) is 9.44. The van der Waals surface area contributed by atoms with Crippen LogP contribution in [0.25, 0.3) is 0 Å². The minimum Gasteiger partial charge on any atom is -0.0654 e. The Morgan fingerprint density at radius 3 is 2.40 bits per heavy atom. The number of rotatable bonds is 4. The van der Waals surface area contributed by atoms with Crippen LogP contribution in [0.15, 0.2) is 0 Å². The first-order chi connectivity index (χ1) is 12.2. The lowest BCUT2D eigenvalue weighted by Gasteiger charge is -2.47. The maximum atomic E-state index is 2.73. The zero-order valence-electron chi connectivity index (χ0n) is 17.3. The van der Waals surface area contributed by atoms with Crippen LogP contribution in [0.4, 0.5) is 0 Å². The predicted octanol–water partition coefficient (Wildman–Crippen LogP) is 8.01. The van der Waals surface area contributed by atoms with E-state index < -0.39 is 0 Å². The molecule has 0 heteroatoms. The molecule has 0 nitrogen and oxygen atoms in total. The monoisotopic (exact) mass is 344 g/mol. The molecule has 0 bridgehead atoms. The summed E-state index contributed by atoms with van der Waals surface area (Å²) in [6.45, 7) is 5.10. The zero-order chi connectivity index (χ0) is 17.3. The Morgan fingerprint density at radius 2 is 1.64 bits per heavy atom. The van der Waals surface area contributed by atoms with E-state index in [1.807, 2.05) is 0 Å². The Bertz CT molecular complexity index is 422. The third kappa shape index (κ3) is 3.84. The van der Waals surface area contributed by atoms with Gasteiger partial charge in [0.05, 0.1) is 0 Å². The average Bonchev–Trinajstić information content (AvgIpc) is 3.06. The minimum absolute atomic E-state index is 0.703. The van der Waals surface area contributed by atoms with Gasteiger partial charge < -0.3 is 0 Å². The van der Waals surface area contributed by atoms with Crippen molar-refractivity contribution in [3.63, 3.8) is 0 Å². The lowest BCUT2D eigenvalue weighted by atomic mass is 9.59. The molecule has 0 radical (unpaired) electrons. The second-order valence-electron chi connectivity index (χ2n) is 11.0. The van der Waals surface area contributed by atoms with E-state index in [1.54, 1.807) is 64.2 Å². The van der Waals surface area contributed by atoms with Crippen LogP contribution in [-0.4, -0.2) is 0 Å². The van der Waals surface area contributed by atoms with Crippen LogP contribution >= 0.6 is 0 Å². The van der Waals surface area contributed by atoms with E-state index in [0.29, 0.717) is 5.41 Å². The lowest BCUT2D eigenvalue weighted by Crippen LogP contribution is -2.36. The summed E-state index contributed by atoms with van der Waals surface area (Å²) < 4.78 is 0.